The summed E-state index contributed by atoms with van der Waals surface area (Å²) in [6, 6.07) is 23.4. The highest BCUT2D eigenvalue weighted by Crippen LogP contribution is 2.28. The Labute approximate surface area is 231 Å². The maximum absolute atomic E-state index is 13.3. The summed E-state index contributed by atoms with van der Waals surface area (Å²) in [5.74, 6) is -0.657. The number of anilines is 1. The Kier molecular flexibility index (Phi) is 7.09. The number of aromatic nitrogens is 1. The molecule has 4 aromatic rings. The van der Waals surface area contributed by atoms with Crippen LogP contribution in [0.25, 0.3) is 11.8 Å². The molecule has 0 atom stereocenters. The SMILES string of the molecule is Cc1ccccc1N1C(=O)NC(=O)/C(=C\c2cc(C)n(-c3ccc(OCc4ccc(Cl)cc4)cc3)c2C)C1=O. The van der Waals surface area contributed by atoms with Crippen molar-refractivity contribution in [2.45, 2.75) is 27.4 Å². The fraction of sp³-hybridized carbons (Fsp3) is 0.129. The van der Waals surface area contributed by atoms with E-state index in [4.69, 9.17) is 16.3 Å². The van der Waals surface area contributed by atoms with Crippen molar-refractivity contribution in [3.05, 3.63) is 118 Å². The molecule has 1 aromatic heterocycles. The Hall–Kier alpha value is -4.62. The zero-order valence-electron chi connectivity index (χ0n) is 21.7. The van der Waals surface area contributed by atoms with E-state index in [1.165, 1.54) is 6.08 Å². The number of hydrogen-bond acceptors (Lipinski definition) is 4. The van der Waals surface area contributed by atoms with Crippen LogP contribution in [0.4, 0.5) is 10.5 Å². The summed E-state index contributed by atoms with van der Waals surface area (Å²) in [6.07, 6.45) is 1.54. The number of carbonyl (C=O) groups excluding carboxylic acids is 3. The Balaban J connectivity index is 1.40. The number of nitrogens with one attached hydrogen (secondary N) is 1. The van der Waals surface area contributed by atoms with E-state index in [0.29, 0.717) is 22.9 Å². The minimum absolute atomic E-state index is 0.107. The normalized spacial score (nSPS) is 14.6. The van der Waals surface area contributed by atoms with Crippen LogP contribution in [0.3, 0.4) is 0 Å². The van der Waals surface area contributed by atoms with Crippen LogP contribution < -0.4 is 15.0 Å². The largest absolute Gasteiger partial charge is 0.489 e. The van der Waals surface area contributed by atoms with Crippen molar-refractivity contribution in [2.24, 2.45) is 0 Å². The number of rotatable bonds is 6. The van der Waals surface area contributed by atoms with E-state index in [9.17, 15) is 14.4 Å². The average molecular weight is 540 g/mol. The smallest absolute Gasteiger partial charge is 0.335 e. The summed E-state index contributed by atoms with van der Waals surface area (Å²) in [7, 11) is 0. The molecule has 0 bridgehead atoms. The van der Waals surface area contributed by atoms with Crippen LogP contribution in [0.5, 0.6) is 5.75 Å². The lowest BCUT2D eigenvalue weighted by molar-refractivity contribution is -0.122. The van der Waals surface area contributed by atoms with Crippen molar-refractivity contribution in [2.75, 3.05) is 4.90 Å². The van der Waals surface area contributed by atoms with Gasteiger partial charge >= 0.3 is 6.03 Å². The van der Waals surface area contributed by atoms with Crippen LogP contribution in [-0.2, 0) is 16.2 Å². The van der Waals surface area contributed by atoms with Gasteiger partial charge in [-0.2, -0.15) is 0 Å². The van der Waals surface area contributed by atoms with Gasteiger partial charge in [-0.3, -0.25) is 14.9 Å². The number of halogens is 1. The quantitative estimate of drug-likeness (QED) is 0.230. The summed E-state index contributed by atoms with van der Waals surface area (Å²) in [6.45, 7) is 6.09. The molecule has 39 heavy (non-hydrogen) atoms. The van der Waals surface area contributed by atoms with Gasteiger partial charge in [0, 0.05) is 22.1 Å². The van der Waals surface area contributed by atoms with E-state index in [0.717, 1.165) is 38.9 Å². The van der Waals surface area contributed by atoms with E-state index >= 15 is 0 Å². The van der Waals surface area contributed by atoms with Gasteiger partial charge < -0.3 is 9.30 Å². The number of amides is 4. The van der Waals surface area contributed by atoms with Crippen molar-refractivity contribution in [1.29, 1.82) is 0 Å². The number of hydrogen-bond donors (Lipinski definition) is 1. The molecule has 5 rings (SSSR count). The van der Waals surface area contributed by atoms with Gasteiger partial charge in [0.15, 0.2) is 0 Å². The van der Waals surface area contributed by atoms with Crippen LogP contribution >= 0.6 is 11.6 Å². The molecule has 3 aromatic carbocycles. The first-order valence-electron chi connectivity index (χ1n) is 12.4. The fourth-order valence-corrected chi connectivity index (χ4v) is 4.74. The molecule has 0 spiro atoms. The summed E-state index contributed by atoms with van der Waals surface area (Å²) in [5.41, 5.74) is 5.46. The summed E-state index contributed by atoms with van der Waals surface area (Å²) in [5, 5.41) is 2.97. The molecular formula is C31H26ClN3O4. The van der Waals surface area contributed by atoms with E-state index < -0.39 is 17.8 Å². The molecule has 0 saturated carbocycles. The second-order valence-corrected chi connectivity index (χ2v) is 9.75. The molecule has 7 nitrogen and oxygen atoms in total. The van der Waals surface area contributed by atoms with Crippen LogP contribution in [0.15, 0.2) is 84.4 Å². The van der Waals surface area contributed by atoms with Crippen LogP contribution in [-0.4, -0.2) is 22.4 Å². The zero-order chi connectivity index (χ0) is 27.7. The summed E-state index contributed by atoms with van der Waals surface area (Å²) < 4.78 is 7.93. The van der Waals surface area contributed by atoms with Gasteiger partial charge in [-0.1, -0.05) is 41.9 Å². The topological polar surface area (TPSA) is 80.6 Å². The van der Waals surface area contributed by atoms with Gasteiger partial charge in [-0.15, -0.1) is 0 Å². The number of urea groups is 1. The minimum Gasteiger partial charge on any atom is -0.489 e. The number of benzene rings is 3. The first-order chi connectivity index (χ1) is 18.7. The summed E-state index contributed by atoms with van der Waals surface area (Å²) >= 11 is 5.95. The molecule has 196 valence electrons. The highest BCUT2D eigenvalue weighted by atomic mass is 35.5. The van der Waals surface area contributed by atoms with Crippen LogP contribution in [0.1, 0.15) is 28.1 Å². The van der Waals surface area contributed by atoms with Gasteiger partial charge in [0.05, 0.1) is 5.69 Å². The number of imide groups is 2. The molecule has 1 aliphatic rings. The molecule has 1 fully saturated rings. The molecule has 4 amide bonds. The highest BCUT2D eigenvalue weighted by Gasteiger charge is 2.37. The standard InChI is InChI=1S/C31H26ClN3O4/c1-19-6-4-5-7-28(19)35-30(37)27(29(36)33-31(35)38)17-23-16-20(2)34(21(23)3)25-12-14-26(15-13-25)39-18-22-8-10-24(32)11-9-22/h4-17H,18H2,1-3H3,(H,33,36,38)/b27-17+. The van der Waals surface area contributed by atoms with Crippen molar-refractivity contribution >= 4 is 41.2 Å². The van der Waals surface area contributed by atoms with Gasteiger partial charge in [0.25, 0.3) is 11.8 Å². The third-order valence-electron chi connectivity index (χ3n) is 6.64. The molecular weight excluding hydrogens is 514 g/mol. The number of barbiturate groups is 1. The molecule has 1 saturated heterocycles. The minimum atomic E-state index is -0.764. The average Bonchev–Trinajstić information content (AvgIpc) is 3.20. The van der Waals surface area contributed by atoms with Gasteiger partial charge in [-0.05, 0) is 92.1 Å². The lowest BCUT2D eigenvalue weighted by Gasteiger charge is -2.27. The third-order valence-corrected chi connectivity index (χ3v) is 6.89. The van der Waals surface area contributed by atoms with Gasteiger partial charge in [0.1, 0.15) is 17.9 Å². The van der Waals surface area contributed by atoms with E-state index in [1.807, 2.05) is 79.1 Å². The molecule has 1 N–H and O–H groups in total. The Morgan fingerprint density at radius 2 is 1.59 bits per heavy atom. The number of carbonyl (C=O) groups is 3. The van der Waals surface area contributed by atoms with Crippen molar-refractivity contribution < 1.29 is 19.1 Å². The maximum Gasteiger partial charge on any atom is 0.335 e. The Bertz CT molecular complexity index is 1620. The predicted molar refractivity (Wildman–Crippen MR) is 151 cm³/mol. The Morgan fingerprint density at radius 1 is 0.897 bits per heavy atom. The van der Waals surface area contributed by atoms with E-state index in [2.05, 4.69) is 5.32 Å². The molecule has 8 heteroatoms. The predicted octanol–water partition coefficient (Wildman–Crippen LogP) is 6.30. The lowest BCUT2D eigenvalue weighted by atomic mass is 10.1. The van der Waals surface area contributed by atoms with Gasteiger partial charge in [-0.25, -0.2) is 9.69 Å². The number of para-hydroxylation sites is 1. The third kappa shape index (κ3) is 5.22. The lowest BCUT2D eigenvalue weighted by Crippen LogP contribution is -2.54. The molecule has 2 heterocycles. The Morgan fingerprint density at radius 3 is 2.28 bits per heavy atom. The van der Waals surface area contributed by atoms with Crippen molar-refractivity contribution in [1.82, 2.24) is 9.88 Å². The molecule has 1 aliphatic heterocycles. The van der Waals surface area contributed by atoms with Crippen LogP contribution in [0.2, 0.25) is 5.02 Å². The van der Waals surface area contributed by atoms with Crippen LogP contribution in [0, 0.1) is 20.8 Å². The molecule has 0 unspecified atom stereocenters. The van der Waals surface area contributed by atoms with Gasteiger partial charge in [0.2, 0.25) is 0 Å². The fourth-order valence-electron chi connectivity index (χ4n) is 4.62. The van der Waals surface area contributed by atoms with Crippen molar-refractivity contribution in [3.8, 4) is 11.4 Å². The van der Waals surface area contributed by atoms with E-state index in [1.54, 1.807) is 25.1 Å². The van der Waals surface area contributed by atoms with E-state index in [-0.39, 0.29) is 5.57 Å². The monoisotopic (exact) mass is 539 g/mol. The maximum atomic E-state index is 13.3. The molecule has 0 aliphatic carbocycles. The first kappa shape index (κ1) is 26.0. The number of ether oxygens (including phenoxy) is 1. The number of nitrogens with zero attached hydrogens (tertiary/aromatic N) is 2. The second kappa shape index (κ2) is 10.6. The zero-order valence-corrected chi connectivity index (χ0v) is 22.5. The highest BCUT2D eigenvalue weighted by molar-refractivity contribution is 6.39. The number of aryl methyl sites for hydroxylation is 2. The second-order valence-electron chi connectivity index (χ2n) is 9.32. The first-order valence-corrected chi connectivity index (χ1v) is 12.7. The molecule has 0 radical (unpaired) electrons. The van der Waals surface area contributed by atoms with Crippen molar-refractivity contribution in [3.63, 3.8) is 0 Å². The summed E-state index contributed by atoms with van der Waals surface area (Å²) in [4.78, 5) is 39.6.